The first kappa shape index (κ1) is 18.9. The van der Waals surface area contributed by atoms with Gasteiger partial charge in [-0.1, -0.05) is 17.7 Å². The standard InChI is InChI=1S/C24H23ClN4O/c25-17-3-8-20-21(10-12-27-23(20)14-17)28-18-4-6-19(7-5-18)29-24(30)16-2-1-15-9-11-26-22(15)13-16/h1-3,8-14,18-19,26H,4-7H2,(H,27,28)(H,29,30). The van der Waals surface area contributed by atoms with Crippen LogP contribution in [0, 0.1) is 0 Å². The number of H-pyrrole nitrogens is 1. The average molecular weight is 419 g/mol. The molecular weight excluding hydrogens is 396 g/mol. The van der Waals surface area contributed by atoms with Gasteiger partial charge in [-0.3, -0.25) is 9.78 Å². The number of hydrogen-bond acceptors (Lipinski definition) is 3. The maximum absolute atomic E-state index is 12.7. The molecule has 0 unspecified atom stereocenters. The van der Waals surface area contributed by atoms with Gasteiger partial charge in [-0.25, -0.2) is 0 Å². The minimum absolute atomic E-state index is 0.0000781. The van der Waals surface area contributed by atoms with Crippen LogP contribution in [0.25, 0.3) is 21.8 Å². The largest absolute Gasteiger partial charge is 0.382 e. The quantitative estimate of drug-likeness (QED) is 0.408. The Kier molecular flexibility index (Phi) is 5.05. The fraction of sp³-hybridized carbons (Fsp3) is 0.250. The van der Waals surface area contributed by atoms with Crippen LogP contribution in [0.2, 0.25) is 5.02 Å². The zero-order valence-corrected chi connectivity index (χ0v) is 17.2. The van der Waals surface area contributed by atoms with Gasteiger partial charge >= 0.3 is 0 Å². The van der Waals surface area contributed by atoms with Gasteiger partial charge in [0.25, 0.3) is 5.91 Å². The maximum Gasteiger partial charge on any atom is 0.251 e. The average Bonchev–Trinajstić information content (AvgIpc) is 3.23. The highest BCUT2D eigenvalue weighted by Crippen LogP contribution is 2.28. The third-order valence-electron chi connectivity index (χ3n) is 5.94. The van der Waals surface area contributed by atoms with E-state index in [-0.39, 0.29) is 11.9 Å². The molecule has 5 rings (SSSR count). The zero-order chi connectivity index (χ0) is 20.5. The number of rotatable bonds is 4. The van der Waals surface area contributed by atoms with Crippen molar-refractivity contribution < 1.29 is 4.79 Å². The Morgan fingerprint density at radius 2 is 1.83 bits per heavy atom. The fourth-order valence-electron chi connectivity index (χ4n) is 4.31. The van der Waals surface area contributed by atoms with Crippen molar-refractivity contribution in [2.24, 2.45) is 0 Å². The van der Waals surface area contributed by atoms with Crippen molar-refractivity contribution in [3.63, 3.8) is 0 Å². The number of fused-ring (bicyclic) bond motifs is 2. The lowest BCUT2D eigenvalue weighted by Gasteiger charge is -2.30. The number of carbonyl (C=O) groups is 1. The Bertz CT molecular complexity index is 1210. The molecule has 5 nitrogen and oxygen atoms in total. The maximum atomic E-state index is 12.7. The van der Waals surface area contributed by atoms with Gasteiger partial charge in [0.15, 0.2) is 0 Å². The molecule has 0 spiro atoms. The van der Waals surface area contributed by atoms with Crippen LogP contribution in [0.15, 0.2) is 60.9 Å². The first-order valence-electron chi connectivity index (χ1n) is 10.3. The summed E-state index contributed by atoms with van der Waals surface area (Å²) in [6, 6.07) is 16.2. The third kappa shape index (κ3) is 3.85. The number of halogens is 1. The Labute approximate surface area is 179 Å². The number of carbonyl (C=O) groups excluding carboxylic acids is 1. The van der Waals surface area contributed by atoms with E-state index < -0.39 is 0 Å². The minimum Gasteiger partial charge on any atom is -0.382 e. The van der Waals surface area contributed by atoms with Crippen molar-refractivity contribution in [2.45, 2.75) is 37.8 Å². The molecule has 152 valence electrons. The van der Waals surface area contributed by atoms with E-state index in [1.165, 1.54) is 0 Å². The molecule has 1 fully saturated rings. The second-order valence-electron chi connectivity index (χ2n) is 7.97. The van der Waals surface area contributed by atoms with E-state index in [4.69, 9.17) is 11.6 Å². The van der Waals surface area contributed by atoms with Crippen molar-refractivity contribution in [1.29, 1.82) is 0 Å². The Morgan fingerprint density at radius 3 is 2.70 bits per heavy atom. The van der Waals surface area contributed by atoms with Crippen LogP contribution in [-0.4, -0.2) is 28.0 Å². The lowest BCUT2D eigenvalue weighted by molar-refractivity contribution is 0.0926. The number of benzene rings is 2. The molecule has 6 heteroatoms. The van der Waals surface area contributed by atoms with Gasteiger partial charge in [0.2, 0.25) is 0 Å². The first-order valence-corrected chi connectivity index (χ1v) is 10.7. The highest BCUT2D eigenvalue weighted by molar-refractivity contribution is 6.31. The van der Waals surface area contributed by atoms with Gasteiger partial charge < -0.3 is 15.6 Å². The van der Waals surface area contributed by atoms with Gasteiger partial charge in [0, 0.05) is 51.7 Å². The molecule has 0 atom stereocenters. The number of nitrogens with one attached hydrogen (secondary N) is 3. The van der Waals surface area contributed by atoms with E-state index in [1.54, 1.807) is 0 Å². The number of aromatic nitrogens is 2. The number of nitrogens with zero attached hydrogens (tertiary/aromatic N) is 1. The second-order valence-corrected chi connectivity index (χ2v) is 8.40. The third-order valence-corrected chi connectivity index (χ3v) is 6.18. The highest BCUT2D eigenvalue weighted by Gasteiger charge is 2.23. The van der Waals surface area contributed by atoms with Crippen LogP contribution in [-0.2, 0) is 0 Å². The van der Waals surface area contributed by atoms with Gasteiger partial charge in [-0.2, -0.15) is 0 Å². The monoisotopic (exact) mass is 418 g/mol. The normalized spacial score (nSPS) is 19.1. The zero-order valence-electron chi connectivity index (χ0n) is 16.5. The van der Waals surface area contributed by atoms with Gasteiger partial charge in [-0.15, -0.1) is 0 Å². The number of aromatic amines is 1. The van der Waals surface area contributed by atoms with Crippen LogP contribution in [0.4, 0.5) is 5.69 Å². The molecule has 1 saturated carbocycles. The Balaban J connectivity index is 1.20. The van der Waals surface area contributed by atoms with E-state index in [2.05, 4.69) is 20.6 Å². The van der Waals surface area contributed by atoms with Crippen molar-refractivity contribution in [2.75, 3.05) is 5.32 Å². The SMILES string of the molecule is O=C(NC1CCC(Nc2ccnc3cc(Cl)ccc23)CC1)c1ccc2cc[nH]c2c1. The first-order chi connectivity index (χ1) is 14.7. The lowest BCUT2D eigenvalue weighted by atomic mass is 9.90. The molecule has 30 heavy (non-hydrogen) atoms. The van der Waals surface area contributed by atoms with E-state index >= 15 is 0 Å². The summed E-state index contributed by atoms with van der Waals surface area (Å²) in [6.07, 6.45) is 7.65. The van der Waals surface area contributed by atoms with Crippen molar-refractivity contribution >= 4 is 45.0 Å². The van der Waals surface area contributed by atoms with Crippen LogP contribution in [0.3, 0.4) is 0 Å². The summed E-state index contributed by atoms with van der Waals surface area (Å²) >= 11 is 6.09. The molecule has 2 heterocycles. The van der Waals surface area contributed by atoms with Crippen LogP contribution in [0.5, 0.6) is 0 Å². The Hall–Kier alpha value is -3.05. The summed E-state index contributed by atoms with van der Waals surface area (Å²) in [5.74, 6) is -0.0000781. The van der Waals surface area contributed by atoms with Crippen molar-refractivity contribution in [3.8, 4) is 0 Å². The van der Waals surface area contributed by atoms with Crippen molar-refractivity contribution in [1.82, 2.24) is 15.3 Å². The molecule has 0 aliphatic heterocycles. The summed E-state index contributed by atoms with van der Waals surface area (Å²) in [5, 5.41) is 9.76. The lowest BCUT2D eigenvalue weighted by Crippen LogP contribution is -2.40. The molecule has 0 radical (unpaired) electrons. The highest BCUT2D eigenvalue weighted by atomic mass is 35.5. The fourth-order valence-corrected chi connectivity index (χ4v) is 4.47. The van der Waals surface area contributed by atoms with Crippen LogP contribution >= 0.6 is 11.6 Å². The molecule has 2 aromatic heterocycles. The molecule has 0 saturated heterocycles. The molecule has 4 aromatic rings. The molecule has 1 aliphatic carbocycles. The predicted octanol–water partition coefficient (Wildman–Crippen LogP) is 5.52. The molecule has 1 amide bonds. The van der Waals surface area contributed by atoms with E-state index in [1.807, 2.05) is 60.9 Å². The van der Waals surface area contributed by atoms with E-state index in [9.17, 15) is 4.79 Å². The van der Waals surface area contributed by atoms with Gasteiger partial charge in [0.05, 0.1) is 5.52 Å². The minimum atomic E-state index is -0.0000781. The predicted molar refractivity (Wildman–Crippen MR) is 122 cm³/mol. The number of pyridine rings is 1. The second kappa shape index (κ2) is 8.00. The van der Waals surface area contributed by atoms with Crippen LogP contribution in [0.1, 0.15) is 36.0 Å². The summed E-state index contributed by atoms with van der Waals surface area (Å²) in [7, 11) is 0. The smallest absolute Gasteiger partial charge is 0.251 e. The summed E-state index contributed by atoms with van der Waals surface area (Å²) < 4.78 is 0. The van der Waals surface area contributed by atoms with Crippen LogP contribution < -0.4 is 10.6 Å². The summed E-state index contributed by atoms with van der Waals surface area (Å²) in [6.45, 7) is 0. The summed E-state index contributed by atoms with van der Waals surface area (Å²) in [4.78, 5) is 20.2. The van der Waals surface area contributed by atoms with Gasteiger partial charge in [0.1, 0.15) is 0 Å². The topological polar surface area (TPSA) is 69.8 Å². The Morgan fingerprint density at radius 1 is 1.00 bits per heavy atom. The van der Waals surface area contributed by atoms with E-state index in [0.29, 0.717) is 16.6 Å². The molecule has 1 aliphatic rings. The number of anilines is 1. The molecular formula is C24H23ClN4O. The van der Waals surface area contributed by atoms with Crippen molar-refractivity contribution in [3.05, 3.63) is 71.5 Å². The molecule has 0 bridgehead atoms. The van der Waals surface area contributed by atoms with E-state index in [0.717, 1.165) is 53.2 Å². The number of amides is 1. The molecule has 3 N–H and O–H groups in total. The molecule has 2 aromatic carbocycles. The summed E-state index contributed by atoms with van der Waals surface area (Å²) in [5.41, 5.74) is 3.67. The number of hydrogen-bond donors (Lipinski definition) is 3. The van der Waals surface area contributed by atoms with Gasteiger partial charge in [-0.05, 0) is 73.5 Å².